The zero-order valence-corrected chi connectivity index (χ0v) is 18.9. The third-order valence-electron chi connectivity index (χ3n) is 5.50. The first-order valence-electron chi connectivity index (χ1n) is 10.7. The molecule has 0 unspecified atom stereocenters. The van der Waals surface area contributed by atoms with Crippen LogP contribution in [0.3, 0.4) is 0 Å². The molecule has 0 radical (unpaired) electrons. The summed E-state index contributed by atoms with van der Waals surface area (Å²) in [4.78, 5) is 12.4. The molecular weight excluding hydrogens is 392 g/mol. The van der Waals surface area contributed by atoms with Gasteiger partial charge in [-0.1, -0.05) is 26.0 Å². The number of esters is 1. The van der Waals surface area contributed by atoms with E-state index in [1.54, 1.807) is 6.92 Å². The Balaban J connectivity index is 1.63. The number of aliphatic hydroxyl groups is 1. The number of hydrogen-bond donors (Lipinski definition) is 2. The topological polar surface area (TPSA) is 72.7 Å². The van der Waals surface area contributed by atoms with Crippen LogP contribution in [0.25, 0.3) is 10.9 Å². The Hall–Kier alpha value is -2.99. The maximum absolute atomic E-state index is 12.4. The summed E-state index contributed by atoms with van der Waals surface area (Å²) in [5.41, 5.74) is 4.57. The number of hydrogen-bond acceptors (Lipinski definition) is 5. The molecule has 6 nitrogen and oxygen atoms in total. The van der Waals surface area contributed by atoms with Crippen molar-refractivity contribution in [2.75, 3.05) is 25.1 Å². The Morgan fingerprint density at radius 1 is 1.16 bits per heavy atom. The van der Waals surface area contributed by atoms with Crippen LogP contribution in [0.4, 0.5) is 5.69 Å². The van der Waals surface area contributed by atoms with Crippen molar-refractivity contribution < 1.29 is 19.4 Å². The van der Waals surface area contributed by atoms with Gasteiger partial charge in [0.2, 0.25) is 0 Å². The zero-order chi connectivity index (χ0) is 22.5. The van der Waals surface area contributed by atoms with Gasteiger partial charge in [0.25, 0.3) is 0 Å². The van der Waals surface area contributed by atoms with Crippen LogP contribution in [0.15, 0.2) is 42.5 Å². The fourth-order valence-electron chi connectivity index (χ4n) is 3.57. The van der Waals surface area contributed by atoms with E-state index in [0.717, 1.165) is 22.3 Å². The number of aliphatic hydroxyl groups excluding tert-OH is 1. The van der Waals surface area contributed by atoms with E-state index < -0.39 is 6.10 Å². The first-order chi connectivity index (χ1) is 14.8. The molecule has 3 rings (SSSR count). The van der Waals surface area contributed by atoms with Crippen molar-refractivity contribution in [3.05, 3.63) is 59.3 Å². The van der Waals surface area contributed by atoms with Crippen molar-refractivity contribution in [3.63, 3.8) is 0 Å². The predicted octanol–water partition coefficient (Wildman–Crippen LogP) is 4.64. The largest absolute Gasteiger partial charge is 0.491 e. The minimum Gasteiger partial charge on any atom is -0.491 e. The Labute approximate surface area is 183 Å². The third kappa shape index (κ3) is 5.20. The van der Waals surface area contributed by atoms with Crippen LogP contribution >= 0.6 is 0 Å². The summed E-state index contributed by atoms with van der Waals surface area (Å²) >= 11 is 0. The number of benzene rings is 2. The van der Waals surface area contributed by atoms with E-state index in [-0.39, 0.29) is 12.6 Å². The predicted molar refractivity (Wildman–Crippen MR) is 124 cm³/mol. The Kier molecular flexibility index (Phi) is 7.23. The molecule has 166 valence electrons. The highest BCUT2D eigenvalue weighted by Crippen LogP contribution is 2.29. The molecule has 0 aliphatic rings. The second kappa shape index (κ2) is 9.88. The monoisotopic (exact) mass is 424 g/mol. The number of nitrogens with one attached hydrogen (secondary N) is 1. The lowest BCUT2D eigenvalue weighted by molar-refractivity contribution is 0.0527. The van der Waals surface area contributed by atoms with E-state index in [1.807, 2.05) is 48.9 Å². The van der Waals surface area contributed by atoms with Gasteiger partial charge in [-0.15, -0.1) is 0 Å². The lowest BCUT2D eigenvalue weighted by atomic mass is 10.0. The quantitative estimate of drug-likeness (QED) is 0.490. The molecule has 0 fully saturated rings. The number of fused-ring (bicyclic) bond motifs is 1. The van der Waals surface area contributed by atoms with Gasteiger partial charge in [-0.2, -0.15) is 0 Å². The van der Waals surface area contributed by atoms with Crippen molar-refractivity contribution in [2.45, 2.75) is 39.7 Å². The van der Waals surface area contributed by atoms with E-state index >= 15 is 0 Å². The number of nitrogens with zero attached hydrogens (tertiary/aromatic N) is 1. The van der Waals surface area contributed by atoms with Gasteiger partial charge in [-0.05, 0) is 55.7 Å². The highest BCUT2D eigenvalue weighted by Gasteiger charge is 2.20. The fourth-order valence-corrected chi connectivity index (χ4v) is 3.57. The van der Waals surface area contributed by atoms with Crippen LogP contribution in [0.5, 0.6) is 5.75 Å². The van der Waals surface area contributed by atoms with Gasteiger partial charge in [-0.25, -0.2) is 4.79 Å². The fraction of sp³-hybridized carbons (Fsp3) is 0.400. The summed E-state index contributed by atoms with van der Waals surface area (Å²) in [7, 11) is 1.92. The molecule has 0 aliphatic heterocycles. The highest BCUT2D eigenvalue weighted by molar-refractivity contribution is 6.06. The summed E-state index contributed by atoms with van der Waals surface area (Å²) in [5, 5.41) is 14.3. The standard InChI is InChI=1S/C25H32N2O4/c1-6-30-25(29)24-17(4)27(5)23-12-11-21(13-22(23)24)31-15-20(28)14-26-19-9-7-18(8-10-19)16(2)3/h7-13,16,20,26,28H,6,14-15H2,1-5H3/t20-/m1/s1. The van der Waals surface area contributed by atoms with E-state index in [0.29, 0.717) is 30.4 Å². The molecule has 0 amide bonds. The number of carbonyl (C=O) groups is 1. The van der Waals surface area contributed by atoms with Crippen LogP contribution in [0.2, 0.25) is 0 Å². The van der Waals surface area contributed by atoms with E-state index in [4.69, 9.17) is 9.47 Å². The van der Waals surface area contributed by atoms with Crippen LogP contribution in [0, 0.1) is 6.92 Å². The molecule has 31 heavy (non-hydrogen) atoms. The Morgan fingerprint density at radius 2 is 1.87 bits per heavy atom. The molecule has 0 bridgehead atoms. The van der Waals surface area contributed by atoms with Crippen LogP contribution < -0.4 is 10.1 Å². The normalized spacial score (nSPS) is 12.2. The molecule has 1 atom stereocenters. The van der Waals surface area contributed by atoms with Gasteiger partial charge < -0.3 is 24.5 Å². The molecule has 3 aromatic rings. The molecule has 0 saturated carbocycles. The van der Waals surface area contributed by atoms with Crippen LogP contribution in [0.1, 0.15) is 48.3 Å². The van der Waals surface area contributed by atoms with Crippen molar-refractivity contribution in [2.24, 2.45) is 7.05 Å². The second-order valence-electron chi connectivity index (χ2n) is 8.04. The molecule has 1 heterocycles. The van der Waals surface area contributed by atoms with E-state index in [9.17, 15) is 9.90 Å². The van der Waals surface area contributed by atoms with Gasteiger partial charge in [-0.3, -0.25) is 0 Å². The second-order valence-corrected chi connectivity index (χ2v) is 8.04. The summed E-state index contributed by atoms with van der Waals surface area (Å²) in [6.07, 6.45) is -0.678. The minimum absolute atomic E-state index is 0.142. The smallest absolute Gasteiger partial charge is 0.340 e. The Morgan fingerprint density at radius 3 is 2.52 bits per heavy atom. The summed E-state index contributed by atoms with van der Waals surface area (Å²) < 4.78 is 13.0. The maximum atomic E-state index is 12.4. The van der Waals surface area contributed by atoms with Gasteiger partial charge >= 0.3 is 5.97 Å². The van der Waals surface area contributed by atoms with Crippen molar-refractivity contribution in [3.8, 4) is 5.75 Å². The van der Waals surface area contributed by atoms with Crippen LogP contribution in [-0.4, -0.2) is 41.5 Å². The highest BCUT2D eigenvalue weighted by atomic mass is 16.5. The molecule has 6 heteroatoms. The van der Waals surface area contributed by atoms with Crippen molar-refractivity contribution >= 4 is 22.6 Å². The maximum Gasteiger partial charge on any atom is 0.340 e. The van der Waals surface area contributed by atoms with Crippen molar-refractivity contribution in [1.82, 2.24) is 4.57 Å². The van der Waals surface area contributed by atoms with E-state index in [1.165, 1.54) is 5.56 Å². The first kappa shape index (κ1) is 22.7. The number of aryl methyl sites for hydroxylation is 1. The average Bonchev–Trinajstić information content (AvgIpc) is 3.01. The summed E-state index contributed by atoms with van der Waals surface area (Å²) in [6.45, 7) is 8.85. The third-order valence-corrected chi connectivity index (χ3v) is 5.50. The molecule has 2 N–H and O–H groups in total. The number of rotatable bonds is 9. The number of aromatic nitrogens is 1. The molecule has 0 spiro atoms. The van der Waals surface area contributed by atoms with Crippen LogP contribution in [-0.2, 0) is 11.8 Å². The zero-order valence-electron chi connectivity index (χ0n) is 18.9. The lowest BCUT2D eigenvalue weighted by Crippen LogP contribution is -2.26. The average molecular weight is 425 g/mol. The van der Waals surface area contributed by atoms with Gasteiger partial charge in [0.15, 0.2) is 0 Å². The van der Waals surface area contributed by atoms with Crippen molar-refractivity contribution in [1.29, 1.82) is 0 Å². The summed E-state index contributed by atoms with van der Waals surface area (Å²) in [6, 6.07) is 13.8. The van der Waals surface area contributed by atoms with Gasteiger partial charge in [0.05, 0.1) is 12.2 Å². The van der Waals surface area contributed by atoms with Gasteiger partial charge in [0.1, 0.15) is 18.5 Å². The molecule has 2 aromatic carbocycles. The molecule has 0 aliphatic carbocycles. The SMILES string of the molecule is CCOC(=O)c1c(C)n(C)c2ccc(OC[C@H](O)CNc3ccc(C(C)C)cc3)cc12. The minimum atomic E-state index is -0.678. The van der Waals surface area contributed by atoms with Gasteiger partial charge in [0, 0.05) is 35.9 Å². The van der Waals surface area contributed by atoms with E-state index in [2.05, 4.69) is 31.3 Å². The first-order valence-corrected chi connectivity index (χ1v) is 10.7. The number of anilines is 1. The molecule has 0 saturated heterocycles. The number of carbonyl (C=O) groups excluding carboxylic acids is 1. The molecular formula is C25H32N2O4. The molecule has 1 aromatic heterocycles. The lowest BCUT2D eigenvalue weighted by Gasteiger charge is -2.15. The Bertz CT molecular complexity index is 1040. The summed E-state index contributed by atoms with van der Waals surface area (Å²) in [5.74, 6) is 0.752. The number of ether oxygens (including phenoxy) is 2.